The summed E-state index contributed by atoms with van der Waals surface area (Å²) in [5.41, 5.74) is 2.45. The van der Waals surface area contributed by atoms with Gasteiger partial charge in [-0.05, 0) is 49.1 Å². The highest BCUT2D eigenvalue weighted by Gasteiger charge is 2.17. The summed E-state index contributed by atoms with van der Waals surface area (Å²) in [5, 5.41) is 10.4. The van der Waals surface area contributed by atoms with Crippen LogP contribution in [0.5, 0.6) is 0 Å². The number of aryl methyl sites for hydroxylation is 1. The summed E-state index contributed by atoms with van der Waals surface area (Å²) >= 11 is 1.70. The fraction of sp³-hybridized carbons (Fsp3) is 0.615. The van der Waals surface area contributed by atoms with Gasteiger partial charge in [0.05, 0.1) is 6.54 Å². The monoisotopic (exact) mass is 254 g/mol. The number of amides is 1. The van der Waals surface area contributed by atoms with Crippen LogP contribution < -0.4 is 10.6 Å². The van der Waals surface area contributed by atoms with Crippen LogP contribution in [0.25, 0.3) is 0 Å². The number of carbonyl (C=O) groups is 1. The minimum atomic E-state index is -0.114. The van der Waals surface area contributed by atoms with Crippen molar-refractivity contribution in [2.24, 2.45) is 0 Å². The number of thiophene rings is 1. The molecule has 3 nitrogen and oxygen atoms in total. The molecule has 0 aliphatic rings. The van der Waals surface area contributed by atoms with E-state index < -0.39 is 0 Å². The lowest BCUT2D eigenvalue weighted by molar-refractivity contribution is -0.121. The second-order valence-electron chi connectivity index (χ2n) is 4.97. The highest BCUT2D eigenvalue weighted by Crippen LogP contribution is 2.12. The Balaban J connectivity index is 2.28. The number of hydrogen-bond acceptors (Lipinski definition) is 3. The Morgan fingerprint density at radius 1 is 1.41 bits per heavy atom. The molecule has 0 bridgehead atoms. The van der Waals surface area contributed by atoms with E-state index in [9.17, 15) is 4.79 Å². The quantitative estimate of drug-likeness (QED) is 0.818. The third-order valence-corrected chi connectivity index (χ3v) is 3.83. The molecule has 1 heterocycles. The fourth-order valence-corrected chi connectivity index (χ4v) is 2.25. The summed E-state index contributed by atoms with van der Waals surface area (Å²) in [6, 6.07) is 0. The first kappa shape index (κ1) is 14.2. The summed E-state index contributed by atoms with van der Waals surface area (Å²) in [5.74, 6) is 0.0599. The van der Waals surface area contributed by atoms with E-state index in [1.54, 1.807) is 11.3 Å². The largest absolute Gasteiger partial charge is 0.350 e. The third-order valence-electron chi connectivity index (χ3n) is 2.92. The number of nitrogens with one attached hydrogen (secondary N) is 2. The van der Waals surface area contributed by atoms with Gasteiger partial charge < -0.3 is 10.6 Å². The van der Waals surface area contributed by atoms with Crippen LogP contribution in [-0.4, -0.2) is 18.0 Å². The molecule has 1 aromatic rings. The van der Waals surface area contributed by atoms with Crippen molar-refractivity contribution in [1.29, 1.82) is 0 Å². The van der Waals surface area contributed by atoms with E-state index in [4.69, 9.17) is 0 Å². The van der Waals surface area contributed by atoms with E-state index in [2.05, 4.69) is 35.2 Å². The van der Waals surface area contributed by atoms with Gasteiger partial charge in [0.2, 0.25) is 5.91 Å². The van der Waals surface area contributed by atoms with Crippen molar-refractivity contribution in [3.63, 3.8) is 0 Å². The lowest BCUT2D eigenvalue weighted by Gasteiger charge is -2.24. The predicted octanol–water partition coefficient (Wildman–Crippen LogP) is 2.45. The second kappa shape index (κ2) is 6.17. The van der Waals surface area contributed by atoms with Crippen LogP contribution in [0.3, 0.4) is 0 Å². The first-order chi connectivity index (χ1) is 7.94. The number of rotatable bonds is 6. The first-order valence-electron chi connectivity index (χ1n) is 5.98. The molecule has 0 aliphatic carbocycles. The zero-order chi connectivity index (χ0) is 12.9. The van der Waals surface area contributed by atoms with Crippen LogP contribution in [0, 0.1) is 6.92 Å². The van der Waals surface area contributed by atoms with E-state index in [0.717, 1.165) is 13.0 Å². The van der Waals surface area contributed by atoms with E-state index in [-0.39, 0.29) is 11.4 Å². The predicted molar refractivity (Wildman–Crippen MR) is 73.3 cm³/mol. The molecule has 0 saturated heterocycles. The summed E-state index contributed by atoms with van der Waals surface area (Å²) in [7, 11) is 0. The Morgan fingerprint density at radius 3 is 2.65 bits per heavy atom. The van der Waals surface area contributed by atoms with Gasteiger partial charge in [0.25, 0.3) is 0 Å². The van der Waals surface area contributed by atoms with Crippen molar-refractivity contribution in [3.8, 4) is 0 Å². The lowest BCUT2D eigenvalue weighted by Crippen LogP contribution is -2.46. The molecule has 2 N–H and O–H groups in total. The minimum absolute atomic E-state index is 0.0599. The molecule has 1 amide bonds. The zero-order valence-electron chi connectivity index (χ0n) is 11.1. The maximum absolute atomic E-state index is 11.7. The summed E-state index contributed by atoms with van der Waals surface area (Å²) < 4.78 is 0. The molecule has 17 heavy (non-hydrogen) atoms. The molecule has 1 aromatic heterocycles. The molecule has 0 aromatic carbocycles. The highest BCUT2D eigenvalue weighted by atomic mass is 32.1. The van der Waals surface area contributed by atoms with Crippen LogP contribution in [0.2, 0.25) is 0 Å². The first-order valence-corrected chi connectivity index (χ1v) is 6.92. The van der Waals surface area contributed by atoms with Gasteiger partial charge in [-0.15, -0.1) is 0 Å². The number of hydrogen-bond donors (Lipinski definition) is 2. The van der Waals surface area contributed by atoms with Crippen LogP contribution in [-0.2, 0) is 11.3 Å². The van der Waals surface area contributed by atoms with Gasteiger partial charge in [-0.3, -0.25) is 4.79 Å². The fourth-order valence-electron chi connectivity index (χ4n) is 1.39. The number of carbonyl (C=O) groups excluding carboxylic acids is 1. The van der Waals surface area contributed by atoms with Crippen molar-refractivity contribution in [2.45, 2.75) is 46.2 Å². The van der Waals surface area contributed by atoms with Gasteiger partial charge in [0.15, 0.2) is 0 Å². The van der Waals surface area contributed by atoms with Crippen LogP contribution >= 0.6 is 11.3 Å². The van der Waals surface area contributed by atoms with Gasteiger partial charge in [0, 0.05) is 12.1 Å². The summed E-state index contributed by atoms with van der Waals surface area (Å²) in [6.45, 7) is 9.37. The summed E-state index contributed by atoms with van der Waals surface area (Å²) in [6.07, 6.45) is 0.933. The van der Waals surface area contributed by atoms with Crippen LogP contribution in [0.15, 0.2) is 10.8 Å². The molecular weight excluding hydrogens is 232 g/mol. The van der Waals surface area contributed by atoms with Crippen molar-refractivity contribution in [2.75, 3.05) is 6.54 Å². The Kier molecular flexibility index (Phi) is 5.15. The topological polar surface area (TPSA) is 41.1 Å². The van der Waals surface area contributed by atoms with E-state index in [1.165, 1.54) is 11.1 Å². The Morgan fingerprint density at radius 2 is 2.12 bits per heavy atom. The molecule has 1 rings (SSSR count). The maximum Gasteiger partial charge on any atom is 0.234 e. The smallest absolute Gasteiger partial charge is 0.234 e. The van der Waals surface area contributed by atoms with Crippen molar-refractivity contribution in [1.82, 2.24) is 10.6 Å². The lowest BCUT2D eigenvalue weighted by atomic mass is 10.0. The SMILES string of the molecule is CCC(C)(C)NC(=O)CNCc1cscc1C. The zero-order valence-corrected chi connectivity index (χ0v) is 11.9. The molecule has 4 heteroatoms. The van der Waals surface area contributed by atoms with E-state index in [0.29, 0.717) is 6.54 Å². The molecule has 0 saturated carbocycles. The minimum Gasteiger partial charge on any atom is -0.350 e. The van der Waals surface area contributed by atoms with Crippen LogP contribution in [0.4, 0.5) is 0 Å². The van der Waals surface area contributed by atoms with Gasteiger partial charge in [-0.1, -0.05) is 6.92 Å². The average Bonchev–Trinajstić information content (AvgIpc) is 2.64. The Labute approximate surface area is 108 Å². The van der Waals surface area contributed by atoms with Crippen molar-refractivity contribution in [3.05, 3.63) is 21.9 Å². The van der Waals surface area contributed by atoms with E-state index >= 15 is 0 Å². The molecule has 0 aliphatic heterocycles. The van der Waals surface area contributed by atoms with Crippen molar-refractivity contribution >= 4 is 17.2 Å². The van der Waals surface area contributed by atoms with Gasteiger partial charge in [-0.2, -0.15) is 11.3 Å². The molecule has 0 unspecified atom stereocenters. The standard InChI is InChI=1S/C13H22N2OS/c1-5-13(3,4)15-12(16)7-14-6-11-9-17-8-10(11)2/h8-9,14H,5-7H2,1-4H3,(H,15,16). The van der Waals surface area contributed by atoms with Crippen LogP contribution in [0.1, 0.15) is 38.3 Å². The van der Waals surface area contributed by atoms with Gasteiger partial charge >= 0.3 is 0 Å². The van der Waals surface area contributed by atoms with Crippen molar-refractivity contribution < 1.29 is 4.79 Å². The maximum atomic E-state index is 11.7. The van der Waals surface area contributed by atoms with E-state index in [1.807, 2.05) is 13.8 Å². The normalized spacial score (nSPS) is 11.5. The van der Waals surface area contributed by atoms with Gasteiger partial charge in [-0.25, -0.2) is 0 Å². The third kappa shape index (κ3) is 4.88. The molecule has 96 valence electrons. The molecule has 0 fully saturated rings. The molecule has 0 radical (unpaired) electrons. The Bertz CT molecular complexity index is 371. The highest BCUT2D eigenvalue weighted by molar-refractivity contribution is 7.08. The average molecular weight is 254 g/mol. The Hall–Kier alpha value is -0.870. The molecular formula is C13H22N2OS. The molecule has 0 atom stereocenters. The molecule has 0 spiro atoms. The second-order valence-corrected chi connectivity index (χ2v) is 5.71. The van der Waals surface area contributed by atoms with Gasteiger partial charge in [0.1, 0.15) is 0 Å². The summed E-state index contributed by atoms with van der Waals surface area (Å²) in [4.78, 5) is 11.7.